The Morgan fingerprint density at radius 1 is 1.18 bits per heavy atom. The molecule has 0 fully saturated rings. The number of carboxylic acid groups (broad SMARTS) is 1. The van der Waals surface area contributed by atoms with Crippen molar-refractivity contribution in [3.63, 3.8) is 0 Å². The molecule has 0 radical (unpaired) electrons. The summed E-state index contributed by atoms with van der Waals surface area (Å²) in [6.07, 6.45) is 0.980. The normalized spacial score (nSPS) is 14.1. The molecule has 0 atom stereocenters. The van der Waals surface area contributed by atoms with Gasteiger partial charge in [0.2, 0.25) is 0 Å². The van der Waals surface area contributed by atoms with E-state index in [0.29, 0.717) is 11.1 Å². The fourth-order valence-corrected chi connectivity index (χ4v) is 2.83. The van der Waals surface area contributed by atoms with Crippen molar-refractivity contribution in [1.29, 1.82) is 5.26 Å². The van der Waals surface area contributed by atoms with Gasteiger partial charge in [0.05, 0.1) is 17.2 Å². The van der Waals surface area contributed by atoms with Gasteiger partial charge in [-0.25, -0.2) is 4.79 Å². The van der Waals surface area contributed by atoms with Gasteiger partial charge in [-0.3, -0.25) is 4.90 Å². The largest absolute Gasteiger partial charge is 0.478 e. The molecule has 0 spiro atoms. The Balaban J connectivity index is 1.72. The highest BCUT2D eigenvalue weighted by Crippen LogP contribution is 2.21. The molecule has 1 heterocycles. The lowest BCUT2D eigenvalue weighted by Crippen LogP contribution is -2.30. The average molecular weight is 292 g/mol. The van der Waals surface area contributed by atoms with Crippen LogP contribution in [0.15, 0.2) is 42.5 Å². The third kappa shape index (κ3) is 3.00. The number of carbonyl (C=O) groups is 1. The molecule has 0 unspecified atom stereocenters. The second-order valence-electron chi connectivity index (χ2n) is 5.56. The summed E-state index contributed by atoms with van der Waals surface area (Å²) in [5.74, 6) is -0.900. The van der Waals surface area contributed by atoms with Crippen LogP contribution in [0.4, 0.5) is 0 Å². The first-order chi connectivity index (χ1) is 10.7. The second kappa shape index (κ2) is 6.00. The Hall–Kier alpha value is -2.64. The third-order valence-corrected chi connectivity index (χ3v) is 4.03. The lowest BCUT2D eigenvalue weighted by molar-refractivity contribution is 0.0697. The predicted octanol–water partition coefficient (Wildman–Crippen LogP) is 2.81. The summed E-state index contributed by atoms with van der Waals surface area (Å²) in [5, 5.41) is 17.9. The van der Waals surface area contributed by atoms with E-state index in [2.05, 4.69) is 11.0 Å². The van der Waals surface area contributed by atoms with Gasteiger partial charge in [-0.2, -0.15) is 5.26 Å². The van der Waals surface area contributed by atoms with Crippen LogP contribution in [0.25, 0.3) is 0 Å². The van der Waals surface area contributed by atoms with Gasteiger partial charge >= 0.3 is 5.97 Å². The number of hydrogen-bond acceptors (Lipinski definition) is 3. The van der Waals surface area contributed by atoms with E-state index in [1.165, 1.54) is 11.1 Å². The topological polar surface area (TPSA) is 64.3 Å². The summed E-state index contributed by atoms with van der Waals surface area (Å²) in [5.41, 5.74) is 4.65. The second-order valence-corrected chi connectivity index (χ2v) is 5.56. The van der Waals surface area contributed by atoms with E-state index >= 15 is 0 Å². The van der Waals surface area contributed by atoms with Gasteiger partial charge in [0.1, 0.15) is 0 Å². The van der Waals surface area contributed by atoms with Gasteiger partial charge in [0, 0.05) is 19.6 Å². The van der Waals surface area contributed by atoms with Crippen LogP contribution in [-0.4, -0.2) is 22.5 Å². The number of rotatable bonds is 3. The van der Waals surface area contributed by atoms with Gasteiger partial charge < -0.3 is 5.11 Å². The van der Waals surface area contributed by atoms with Crippen molar-refractivity contribution in [2.45, 2.75) is 19.5 Å². The van der Waals surface area contributed by atoms with Gasteiger partial charge in [-0.1, -0.05) is 18.2 Å². The summed E-state index contributed by atoms with van der Waals surface area (Å²) >= 11 is 0. The Morgan fingerprint density at radius 3 is 2.64 bits per heavy atom. The molecule has 0 amide bonds. The standard InChI is InChI=1S/C18H16N2O2/c19-10-14-3-4-15-7-8-20(12-17(15)9-14)11-13-1-5-16(6-2-13)18(21)22/h1-6,9H,7-8,11-12H2,(H,21,22). The molecule has 1 aliphatic heterocycles. The van der Waals surface area contributed by atoms with Crippen molar-refractivity contribution in [1.82, 2.24) is 4.90 Å². The van der Waals surface area contributed by atoms with Crippen LogP contribution in [0, 0.1) is 11.3 Å². The van der Waals surface area contributed by atoms with Gasteiger partial charge in [-0.05, 0) is 47.4 Å². The van der Waals surface area contributed by atoms with Crippen LogP contribution in [0.5, 0.6) is 0 Å². The predicted molar refractivity (Wildman–Crippen MR) is 82.4 cm³/mol. The first-order valence-corrected chi connectivity index (χ1v) is 7.22. The Morgan fingerprint density at radius 2 is 1.95 bits per heavy atom. The van der Waals surface area contributed by atoms with Crippen LogP contribution < -0.4 is 0 Å². The molecule has 4 nitrogen and oxygen atoms in total. The number of aromatic carboxylic acids is 1. The van der Waals surface area contributed by atoms with Crippen LogP contribution in [0.1, 0.15) is 32.6 Å². The zero-order valence-corrected chi connectivity index (χ0v) is 12.1. The van der Waals surface area contributed by atoms with E-state index in [1.807, 2.05) is 30.3 Å². The molecule has 0 saturated heterocycles. The third-order valence-electron chi connectivity index (χ3n) is 4.03. The molecule has 4 heteroatoms. The fourth-order valence-electron chi connectivity index (χ4n) is 2.83. The number of hydrogen-bond donors (Lipinski definition) is 1. The minimum Gasteiger partial charge on any atom is -0.478 e. The minimum atomic E-state index is -0.900. The Kier molecular flexibility index (Phi) is 3.90. The van der Waals surface area contributed by atoms with E-state index in [0.717, 1.165) is 31.6 Å². The minimum absolute atomic E-state index is 0.311. The molecule has 3 rings (SSSR count). The van der Waals surface area contributed by atoms with Crippen LogP contribution in [-0.2, 0) is 19.5 Å². The van der Waals surface area contributed by atoms with Crippen molar-refractivity contribution in [3.8, 4) is 6.07 Å². The SMILES string of the molecule is N#Cc1ccc2c(c1)CN(Cc1ccc(C(=O)O)cc1)CC2. The number of nitriles is 1. The molecule has 0 bridgehead atoms. The van der Waals surface area contributed by atoms with Crippen molar-refractivity contribution in [3.05, 3.63) is 70.3 Å². The summed E-state index contributed by atoms with van der Waals surface area (Å²) in [6.45, 7) is 2.58. The molecule has 1 N–H and O–H groups in total. The zero-order valence-electron chi connectivity index (χ0n) is 12.1. The highest BCUT2D eigenvalue weighted by Gasteiger charge is 2.16. The molecular weight excluding hydrogens is 276 g/mol. The summed E-state index contributed by atoms with van der Waals surface area (Å²) in [4.78, 5) is 13.2. The number of carboxylic acids is 1. The lowest BCUT2D eigenvalue weighted by Gasteiger charge is -2.29. The molecule has 22 heavy (non-hydrogen) atoms. The zero-order chi connectivity index (χ0) is 15.5. The van der Waals surface area contributed by atoms with E-state index in [1.54, 1.807) is 12.1 Å². The maximum Gasteiger partial charge on any atom is 0.335 e. The van der Waals surface area contributed by atoms with Gasteiger partial charge in [0.15, 0.2) is 0 Å². The van der Waals surface area contributed by atoms with Crippen molar-refractivity contribution < 1.29 is 9.90 Å². The Bertz CT molecular complexity index is 745. The summed E-state index contributed by atoms with van der Waals surface area (Å²) < 4.78 is 0. The van der Waals surface area contributed by atoms with Gasteiger partial charge in [0.25, 0.3) is 0 Å². The average Bonchev–Trinajstić information content (AvgIpc) is 2.54. The highest BCUT2D eigenvalue weighted by atomic mass is 16.4. The fraction of sp³-hybridized carbons (Fsp3) is 0.222. The highest BCUT2D eigenvalue weighted by molar-refractivity contribution is 5.87. The summed E-state index contributed by atoms with van der Waals surface area (Å²) in [6, 6.07) is 15.1. The van der Waals surface area contributed by atoms with E-state index < -0.39 is 5.97 Å². The Labute approximate surface area is 129 Å². The van der Waals surface area contributed by atoms with E-state index in [4.69, 9.17) is 10.4 Å². The van der Waals surface area contributed by atoms with Crippen LogP contribution in [0.3, 0.4) is 0 Å². The quantitative estimate of drug-likeness (QED) is 0.944. The molecule has 2 aromatic carbocycles. The molecule has 0 saturated carbocycles. The molecule has 0 aromatic heterocycles. The lowest BCUT2D eigenvalue weighted by atomic mass is 9.97. The van der Waals surface area contributed by atoms with Crippen molar-refractivity contribution >= 4 is 5.97 Å². The monoisotopic (exact) mass is 292 g/mol. The van der Waals surface area contributed by atoms with Crippen LogP contribution >= 0.6 is 0 Å². The molecule has 2 aromatic rings. The van der Waals surface area contributed by atoms with Crippen molar-refractivity contribution in [2.24, 2.45) is 0 Å². The molecule has 0 aliphatic carbocycles. The van der Waals surface area contributed by atoms with E-state index in [9.17, 15) is 4.79 Å². The number of fused-ring (bicyclic) bond motifs is 1. The summed E-state index contributed by atoms with van der Waals surface area (Å²) in [7, 11) is 0. The number of nitrogens with zero attached hydrogens (tertiary/aromatic N) is 2. The maximum atomic E-state index is 10.9. The molecule has 1 aliphatic rings. The van der Waals surface area contributed by atoms with Crippen LogP contribution in [0.2, 0.25) is 0 Å². The molecule has 110 valence electrons. The first-order valence-electron chi connectivity index (χ1n) is 7.22. The smallest absolute Gasteiger partial charge is 0.335 e. The molecular formula is C18H16N2O2. The van der Waals surface area contributed by atoms with Crippen molar-refractivity contribution in [2.75, 3.05) is 6.54 Å². The maximum absolute atomic E-state index is 10.9. The van der Waals surface area contributed by atoms with E-state index in [-0.39, 0.29) is 0 Å². The number of benzene rings is 2. The first kappa shape index (κ1) is 14.3. The van der Waals surface area contributed by atoms with Gasteiger partial charge in [-0.15, -0.1) is 0 Å².